The summed E-state index contributed by atoms with van der Waals surface area (Å²) in [6.07, 6.45) is -6.89. The monoisotopic (exact) mass is 501 g/mol. The maximum atomic E-state index is 15.1. The number of rotatable bonds is 6. The predicted molar refractivity (Wildman–Crippen MR) is 115 cm³/mol. The van der Waals surface area contributed by atoms with Gasteiger partial charge in [-0.25, -0.2) is 9.37 Å². The third kappa shape index (κ3) is 5.28. The number of halogens is 5. The minimum Gasteiger partial charge on any atom is -0.480 e. The number of nitrogens with zero attached hydrogens (tertiary/aromatic N) is 3. The zero-order chi connectivity index (χ0) is 25.4. The lowest BCUT2D eigenvalue weighted by atomic mass is 10.1. The van der Waals surface area contributed by atoms with Gasteiger partial charge < -0.3 is 15.2 Å². The van der Waals surface area contributed by atoms with Crippen molar-refractivity contribution >= 4 is 23.2 Å². The Hall–Kier alpha value is -3.25. The summed E-state index contributed by atoms with van der Waals surface area (Å²) in [5, 5.41) is 18.5. The minimum absolute atomic E-state index is 0.0188. The van der Waals surface area contributed by atoms with Crippen LogP contribution in [0.15, 0.2) is 18.3 Å². The smallest absolute Gasteiger partial charge is 0.425 e. The van der Waals surface area contributed by atoms with E-state index in [1.54, 1.807) is 6.92 Å². The van der Waals surface area contributed by atoms with E-state index in [1.165, 1.54) is 20.0 Å². The van der Waals surface area contributed by atoms with Gasteiger partial charge in [-0.1, -0.05) is 11.6 Å². The molecule has 2 atom stereocenters. The van der Waals surface area contributed by atoms with Gasteiger partial charge in [-0.2, -0.15) is 18.3 Å². The fourth-order valence-corrected chi connectivity index (χ4v) is 3.23. The first kappa shape index (κ1) is 25.4. The Morgan fingerprint density at radius 2 is 1.91 bits per heavy atom. The van der Waals surface area contributed by atoms with Crippen LogP contribution in [0.2, 0.25) is 5.15 Å². The second-order valence-corrected chi connectivity index (χ2v) is 7.86. The summed E-state index contributed by atoms with van der Waals surface area (Å²) in [5.74, 6) is -2.49. The highest BCUT2D eigenvalue weighted by Gasteiger charge is 2.39. The molecule has 8 nitrogen and oxygen atoms in total. The number of alkyl halides is 3. The largest absolute Gasteiger partial charge is 0.480 e. The Bertz CT molecular complexity index is 1210. The summed E-state index contributed by atoms with van der Waals surface area (Å²) >= 11 is 5.93. The maximum Gasteiger partial charge on any atom is 0.425 e. The molecule has 0 saturated heterocycles. The van der Waals surface area contributed by atoms with Crippen molar-refractivity contribution in [1.82, 2.24) is 20.2 Å². The van der Waals surface area contributed by atoms with Gasteiger partial charge in [0, 0.05) is 5.56 Å². The highest BCUT2D eigenvalue weighted by Crippen LogP contribution is 2.34. The normalized spacial score (nSPS) is 13.5. The van der Waals surface area contributed by atoms with Gasteiger partial charge >= 0.3 is 6.18 Å². The average Bonchev–Trinajstić information content (AvgIpc) is 3.06. The van der Waals surface area contributed by atoms with Crippen LogP contribution in [-0.4, -0.2) is 43.5 Å². The number of aliphatic hydroxyl groups excluding tert-OH is 1. The molecule has 3 aromatic rings. The lowest BCUT2D eigenvalue weighted by molar-refractivity contribution is -0.189. The van der Waals surface area contributed by atoms with E-state index in [4.69, 9.17) is 16.3 Å². The summed E-state index contributed by atoms with van der Waals surface area (Å²) < 4.78 is 59.7. The minimum atomic E-state index is -4.75. The molecule has 3 N–H and O–H groups in total. The molecule has 0 aliphatic carbocycles. The van der Waals surface area contributed by atoms with Crippen molar-refractivity contribution in [3.05, 3.63) is 51.9 Å². The fourth-order valence-electron chi connectivity index (χ4n) is 3.00. The number of aromatic nitrogens is 4. The fraction of sp³-hybridized carbons (Fsp3) is 0.333. The molecule has 0 bridgehead atoms. The number of nitrogens with one attached hydrogen (secondary N) is 2. The summed E-state index contributed by atoms with van der Waals surface area (Å²) in [7, 11) is 0. The number of carbonyl (C=O) groups is 1. The number of aryl methyl sites for hydroxylation is 2. The van der Waals surface area contributed by atoms with Crippen LogP contribution in [0.25, 0.3) is 11.3 Å². The molecule has 0 aliphatic heterocycles. The van der Waals surface area contributed by atoms with Crippen molar-refractivity contribution in [2.24, 2.45) is 0 Å². The van der Waals surface area contributed by atoms with Crippen molar-refractivity contribution in [1.29, 1.82) is 0 Å². The summed E-state index contributed by atoms with van der Waals surface area (Å²) in [5.41, 5.74) is 0.0978. The number of hydrogen-bond acceptors (Lipinski definition) is 6. The van der Waals surface area contributed by atoms with E-state index < -0.39 is 41.4 Å². The maximum absolute atomic E-state index is 15.1. The number of ether oxygens (including phenoxy) is 1. The molecule has 1 unspecified atom stereocenters. The van der Waals surface area contributed by atoms with Crippen molar-refractivity contribution in [3.63, 3.8) is 0 Å². The van der Waals surface area contributed by atoms with Crippen LogP contribution in [0.3, 0.4) is 0 Å². The quantitative estimate of drug-likeness (QED) is 0.414. The standard InChI is InChI=1S/C21H20ClF4N5O3/c1-8-17(10(3)32)28-15(7-27-8)12-6-16(34-11(4)21(24,25)26)13(5-14(12)23)20(33)29-18-9(2)30-31-19(18)22/h5-7,10-11,32H,1-4H3,(H,29,33)(H,30,31)/t10-,11?/m0/s1. The zero-order valence-electron chi connectivity index (χ0n) is 18.4. The number of H-pyrrole nitrogens is 1. The third-order valence-electron chi connectivity index (χ3n) is 4.88. The number of carbonyl (C=O) groups excluding carboxylic acids is 1. The van der Waals surface area contributed by atoms with E-state index in [9.17, 15) is 23.1 Å². The second kappa shape index (κ2) is 9.55. The summed E-state index contributed by atoms with van der Waals surface area (Å²) in [6, 6.07) is 1.66. The van der Waals surface area contributed by atoms with Gasteiger partial charge in [0.2, 0.25) is 0 Å². The van der Waals surface area contributed by atoms with Crippen molar-refractivity contribution in [2.45, 2.75) is 46.1 Å². The molecule has 3 rings (SSSR count). The van der Waals surface area contributed by atoms with Crippen LogP contribution in [0.4, 0.5) is 23.2 Å². The van der Waals surface area contributed by atoms with Crippen molar-refractivity contribution in [3.8, 4) is 17.0 Å². The molecule has 0 fully saturated rings. The van der Waals surface area contributed by atoms with Gasteiger partial charge in [0.05, 0.1) is 40.6 Å². The van der Waals surface area contributed by atoms with Gasteiger partial charge in [-0.15, -0.1) is 0 Å². The topological polar surface area (TPSA) is 113 Å². The van der Waals surface area contributed by atoms with Crippen molar-refractivity contribution < 1.29 is 32.2 Å². The number of aromatic amines is 1. The van der Waals surface area contributed by atoms with Crippen LogP contribution in [0, 0.1) is 19.7 Å². The van der Waals surface area contributed by atoms with Crippen LogP contribution < -0.4 is 10.1 Å². The van der Waals surface area contributed by atoms with Crippen LogP contribution in [-0.2, 0) is 0 Å². The molecule has 2 heterocycles. The Morgan fingerprint density at radius 1 is 1.24 bits per heavy atom. The highest BCUT2D eigenvalue weighted by atomic mass is 35.5. The molecule has 182 valence electrons. The summed E-state index contributed by atoms with van der Waals surface area (Å²) in [6.45, 7) is 5.30. The van der Waals surface area contributed by atoms with Crippen molar-refractivity contribution in [2.75, 3.05) is 5.32 Å². The SMILES string of the molecule is Cc1ncc(-c2cc(OC(C)C(F)(F)F)c(C(=O)Nc3c(C)n[nH]c3Cl)cc2F)nc1[C@H](C)O. The number of aliphatic hydroxyl groups is 1. The van der Waals surface area contributed by atoms with Gasteiger partial charge in [-0.3, -0.25) is 14.9 Å². The molecule has 34 heavy (non-hydrogen) atoms. The Balaban J connectivity index is 2.12. The Kier molecular flexibility index (Phi) is 7.13. The Morgan fingerprint density at radius 3 is 2.47 bits per heavy atom. The van der Waals surface area contributed by atoms with E-state index in [1.807, 2.05) is 0 Å². The molecular formula is C21H20ClF4N5O3. The lowest BCUT2D eigenvalue weighted by Crippen LogP contribution is -2.32. The molecule has 0 aliphatic rings. The number of amides is 1. The third-order valence-corrected chi connectivity index (χ3v) is 5.16. The molecule has 0 spiro atoms. The summed E-state index contributed by atoms with van der Waals surface area (Å²) in [4.78, 5) is 21.1. The zero-order valence-corrected chi connectivity index (χ0v) is 19.1. The van der Waals surface area contributed by atoms with E-state index in [-0.39, 0.29) is 27.8 Å². The van der Waals surface area contributed by atoms with E-state index in [0.29, 0.717) is 11.4 Å². The molecule has 0 radical (unpaired) electrons. The van der Waals surface area contributed by atoms with E-state index >= 15 is 4.39 Å². The molecule has 1 aromatic carbocycles. The second-order valence-electron chi connectivity index (χ2n) is 7.48. The average molecular weight is 502 g/mol. The van der Waals surface area contributed by atoms with Gasteiger partial charge in [0.15, 0.2) is 6.10 Å². The first-order valence-electron chi connectivity index (χ1n) is 9.90. The van der Waals surface area contributed by atoms with E-state index in [0.717, 1.165) is 19.1 Å². The molecule has 0 saturated carbocycles. The Labute approximate surface area is 196 Å². The van der Waals surface area contributed by atoms with Gasteiger partial charge in [0.25, 0.3) is 5.91 Å². The molecule has 2 aromatic heterocycles. The number of anilines is 1. The van der Waals surface area contributed by atoms with Gasteiger partial charge in [-0.05, 0) is 39.8 Å². The number of benzene rings is 1. The highest BCUT2D eigenvalue weighted by molar-refractivity contribution is 6.33. The first-order valence-corrected chi connectivity index (χ1v) is 10.3. The molecular weight excluding hydrogens is 482 g/mol. The van der Waals surface area contributed by atoms with Crippen LogP contribution in [0.1, 0.15) is 47.4 Å². The molecule has 1 amide bonds. The van der Waals surface area contributed by atoms with Crippen LogP contribution in [0.5, 0.6) is 5.75 Å². The first-order chi connectivity index (χ1) is 15.8. The van der Waals surface area contributed by atoms with Crippen LogP contribution >= 0.6 is 11.6 Å². The lowest BCUT2D eigenvalue weighted by Gasteiger charge is -2.20. The number of hydrogen-bond donors (Lipinski definition) is 3. The van der Waals surface area contributed by atoms with Gasteiger partial charge in [0.1, 0.15) is 22.4 Å². The van der Waals surface area contributed by atoms with E-state index in [2.05, 4.69) is 25.5 Å². The molecule has 13 heteroatoms. The predicted octanol–water partition coefficient (Wildman–Crippen LogP) is 4.91.